The van der Waals surface area contributed by atoms with Crippen LogP contribution in [0.25, 0.3) is 87.6 Å². The number of furan rings is 1. The Balaban J connectivity index is 1.18. The maximum absolute atomic E-state index is 6.47. The standard InChI is InChI=1S/C54H35NO/c1-4-14-36(15-5-1)39-24-25-41-33-42(27-26-40(41)32-39)55(44-29-31-48-47-21-12-13-23-51(47)56-52(48)35-44)43-28-30-46-45-20-10-11-22-49(45)53(37-16-6-2-7-17-37)54(50(46)34-43)38-18-8-3-9-19-38/h1-35H. The van der Waals surface area contributed by atoms with Gasteiger partial charge in [-0.3, -0.25) is 0 Å². The lowest BCUT2D eigenvalue weighted by atomic mass is 9.85. The van der Waals surface area contributed by atoms with E-state index in [0.29, 0.717) is 0 Å². The summed E-state index contributed by atoms with van der Waals surface area (Å²) in [4.78, 5) is 2.38. The van der Waals surface area contributed by atoms with Crippen molar-refractivity contribution >= 4 is 71.3 Å². The fraction of sp³-hybridized carbons (Fsp3) is 0. The van der Waals surface area contributed by atoms with E-state index in [4.69, 9.17) is 4.42 Å². The summed E-state index contributed by atoms with van der Waals surface area (Å²) in [6.45, 7) is 0. The molecule has 0 saturated heterocycles. The van der Waals surface area contributed by atoms with Crippen LogP contribution in [0.15, 0.2) is 217 Å². The predicted molar refractivity (Wildman–Crippen MR) is 237 cm³/mol. The zero-order valence-electron chi connectivity index (χ0n) is 30.6. The Morgan fingerprint density at radius 3 is 1.48 bits per heavy atom. The van der Waals surface area contributed by atoms with E-state index >= 15 is 0 Å². The van der Waals surface area contributed by atoms with Gasteiger partial charge in [-0.25, -0.2) is 0 Å². The molecule has 0 aliphatic carbocycles. The molecule has 0 spiro atoms. The van der Waals surface area contributed by atoms with Gasteiger partial charge < -0.3 is 9.32 Å². The fourth-order valence-electron chi connectivity index (χ4n) is 8.61. The van der Waals surface area contributed by atoms with E-state index in [1.165, 1.54) is 65.7 Å². The van der Waals surface area contributed by atoms with E-state index in [-0.39, 0.29) is 0 Å². The van der Waals surface area contributed by atoms with E-state index < -0.39 is 0 Å². The molecule has 0 bridgehead atoms. The van der Waals surface area contributed by atoms with Crippen LogP contribution >= 0.6 is 0 Å². The molecular formula is C54H35NO. The number of benzene rings is 10. The van der Waals surface area contributed by atoms with Gasteiger partial charge in [0.2, 0.25) is 0 Å². The summed E-state index contributed by atoms with van der Waals surface area (Å²) in [6, 6.07) is 76.6. The molecule has 56 heavy (non-hydrogen) atoms. The molecule has 0 aliphatic heterocycles. The lowest BCUT2D eigenvalue weighted by molar-refractivity contribution is 0.669. The van der Waals surface area contributed by atoms with Crippen molar-refractivity contribution in [1.29, 1.82) is 0 Å². The molecule has 262 valence electrons. The van der Waals surface area contributed by atoms with Crippen LogP contribution in [0.3, 0.4) is 0 Å². The van der Waals surface area contributed by atoms with Crippen LogP contribution in [0.5, 0.6) is 0 Å². The van der Waals surface area contributed by atoms with E-state index in [1.807, 2.05) is 12.1 Å². The van der Waals surface area contributed by atoms with E-state index in [2.05, 4.69) is 205 Å². The highest BCUT2D eigenvalue weighted by molar-refractivity contribution is 6.22. The average Bonchev–Trinajstić information content (AvgIpc) is 3.64. The Labute approximate surface area is 325 Å². The number of hydrogen-bond acceptors (Lipinski definition) is 2. The minimum absolute atomic E-state index is 0.866. The zero-order chi connectivity index (χ0) is 37.0. The molecule has 0 saturated carbocycles. The van der Waals surface area contributed by atoms with Crippen LogP contribution < -0.4 is 4.90 Å². The number of hydrogen-bond donors (Lipinski definition) is 0. The summed E-state index contributed by atoms with van der Waals surface area (Å²) in [5, 5.41) is 9.53. The van der Waals surface area contributed by atoms with Gasteiger partial charge in [0.05, 0.1) is 0 Å². The Morgan fingerprint density at radius 2 is 0.750 bits per heavy atom. The summed E-state index contributed by atoms with van der Waals surface area (Å²) < 4.78 is 6.47. The van der Waals surface area contributed by atoms with Gasteiger partial charge in [-0.15, -0.1) is 0 Å². The maximum atomic E-state index is 6.47. The molecule has 2 heteroatoms. The fourth-order valence-corrected chi connectivity index (χ4v) is 8.61. The van der Waals surface area contributed by atoms with Crippen LogP contribution in [0.1, 0.15) is 0 Å². The SMILES string of the molecule is c1ccc(-c2ccc3cc(N(c4ccc5c(c4)oc4ccccc45)c4ccc5c(c4)c(-c4ccccc4)c(-c4ccccc4)c4ccccc45)ccc3c2)cc1. The molecule has 0 radical (unpaired) electrons. The van der Waals surface area contributed by atoms with Gasteiger partial charge in [-0.1, -0.05) is 158 Å². The van der Waals surface area contributed by atoms with Crippen molar-refractivity contribution in [3.63, 3.8) is 0 Å². The van der Waals surface area contributed by atoms with Crippen molar-refractivity contribution in [2.75, 3.05) is 4.90 Å². The number of fused-ring (bicyclic) bond motifs is 7. The topological polar surface area (TPSA) is 16.4 Å². The van der Waals surface area contributed by atoms with Crippen LogP contribution in [0, 0.1) is 0 Å². The van der Waals surface area contributed by atoms with Gasteiger partial charge in [0.25, 0.3) is 0 Å². The second-order valence-electron chi connectivity index (χ2n) is 14.5. The van der Waals surface area contributed by atoms with Crippen LogP contribution in [0.2, 0.25) is 0 Å². The van der Waals surface area contributed by atoms with E-state index in [0.717, 1.165) is 39.0 Å². The molecule has 0 N–H and O–H groups in total. The van der Waals surface area contributed by atoms with Gasteiger partial charge in [0.1, 0.15) is 11.2 Å². The van der Waals surface area contributed by atoms with Crippen molar-refractivity contribution < 1.29 is 4.42 Å². The second kappa shape index (κ2) is 13.2. The first kappa shape index (κ1) is 32.0. The summed E-state index contributed by atoms with van der Waals surface area (Å²) in [6.07, 6.45) is 0. The zero-order valence-corrected chi connectivity index (χ0v) is 30.6. The van der Waals surface area contributed by atoms with Gasteiger partial charge >= 0.3 is 0 Å². The normalized spacial score (nSPS) is 11.6. The molecule has 0 atom stereocenters. The number of para-hydroxylation sites is 1. The van der Waals surface area contributed by atoms with Gasteiger partial charge in [-0.05, 0) is 114 Å². The number of rotatable bonds is 6. The minimum atomic E-state index is 0.866. The molecule has 2 nitrogen and oxygen atoms in total. The molecule has 10 aromatic carbocycles. The molecule has 1 aromatic heterocycles. The third kappa shape index (κ3) is 5.34. The van der Waals surface area contributed by atoms with Crippen molar-refractivity contribution in [3.05, 3.63) is 212 Å². The van der Waals surface area contributed by atoms with Gasteiger partial charge in [0.15, 0.2) is 0 Å². The molecule has 0 amide bonds. The first-order valence-corrected chi connectivity index (χ1v) is 19.2. The van der Waals surface area contributed by atoms with E-state index in [1.54, 1.807) is 0 Å². The Bertz CT molecular complexity index is 3240. The summed E-state index contributed by atoms with van der Waals surface area (Å²) in [5.74, 6) is 0. The highest BCUT2D eigenvalue weighted by atomic mass is 16.3. The highest BCUT2D eigenvalue weighted by Crippen LogP contribution is 2.47. The Hall–Kier alpha value is -7.42. The highest BCUT2D eigenvalue weighted by Gasteiger charge is 2.21. The molecule has 11 aromatic rings. The third-order valence-corrected chi connectivity index (χ3v) is 11.2. The maximum Gasteiger partial charge on any atom is 0.137 e. The van der Waals surface area contributed by atoms with Crippen molar-refractivity contribution in [2.24, 2.45) is 0 Å². The van der Waals surface area contributed by atoms with Gasteiger partial charge in [-0.2, -0.15) is 0 Å². The minimum Gasteiger partial charge on any atom is -0.456 e. The first-order valence-electron chi connectivity index (χ1n) is 19.2. The lowest BCUT2D eigenvalue weighted by Crippen LogP contribution is -2.10. The smallest absolute Gasteiger partial charge is 0.137 e. The Morgan fingerprint density at radius 1 is 0.268 bits per heavy atom. The monoisotopic (exact) mass is 713 g/mol. The summed E-state index contributed by atoms with van der Waals surface area (Å²) in [5.41, 5.74) is 12.2. The van der Waals surface area contributed by atoms with Crippen molar-refractivity contribution in [3.8, 4) is 33.4 Å². The van der Waals surface area contributed by atoms with E-state index in [9.17, 15) is 0 Å². The van der Waals surface area contributed by atoms with Crippen molar-refractivity contribution in [2.45, 2.75) is 0 Å². The van der Waals surface area contributed by atoms with Crippen LogP contribution in [0.4, 0.5) is 17.1 Å². The van der Waals surface area contributed by atoms with Gasteiger partial charge in [0, 0.05) is 33.9 Å². The third-order valence-electron chi connectivity index (χ3n) is 11.2. The van der Waals surface area contributed by atoms with Crippen molar-refractivity contribution in [1.82, 2.24) is 0 Å². The number of nitrogens with zero attached hydrogens (tertiary/aromatic N) is 1. The average molecular weight is 714 g/mol. The largest absolute Gasteiger partial charge is 0.456 e. The van der Waals surface area contributed by atoms with Crippen LogP contribution in [-0.2, 0) is 0 Å². The molecule has 1 heterocycles. The summed E-state index contributed by atoms with van der Waals surface area (Å²) >= 11 is 0. The molecule has 0 fully saturated rings. The first-order chi connectivity index (χ1) is 27.8. The lowest BCUT2D eigenvalue weighted by Gasteiger charge is -2.27. The summed E-state index contributed by atoms with van der Waals surface area (Å²) in [7, 11) is 0. The predicted octanol–water partition coefficient (Wildman–Crippen LogP) is 15.5. The molecular weight excluding hydrogens is 679 g/mol. The molecule has 11 rings (SSSR count). The Kier molecular flexibility index (Phi) is 7.53. The second-order valence-corrected chi connectivity index (χ2v) is 14.5. The van der Waals surface area contributed by atoms with Crippen LogP contribution in [-0.4, -0.2) is 0 Å². The number of anilines is 3. The molecule has 0 aliphatic rings. The molecule has 0 unspecified atom stereocenters. The quantitative estimate of drug-likeness (QED) is 0.160.